The Labute approximate surface area is 303 Å². The number of phenols is 2. The van der Waals surface area contributed by atoms with Crippen LogP contribution in [0.2, 0.25) is 0 Å². The van der Waals surface area contributed by atoms with Crippen molar-refractivity contribution in [2.24, 2.45) is 5.41 Å². The second-order valence-electron chi connectivity index (χ2n) is 13.7. The first-order valence-corrected chi connectivity index (χ1v) is 17.9. The Balaban J connectivity index is 1.86. The lowest BCUT2D eigenvalue weighted by Crippen LogP contribution is -2.54. The topological polar surface area (TPSA) is 232 Å². The van der Waals surface area contributed by atoms with E-state index in [1.165, 1.54) is 25.1 Å². The van der Waals surface area contributed by atoms with E-state index in [2.05, 4.69) is 22.5 Å². The van der Waals surface area contributed by atoms with Crippen molar-refractivity contribution in [1.82, 2.24) is 25.7 Å². The Morgan fingerprint density at radius 2 is 1.83 bits per heavy atom. The van der Waals surface area contributed by atoms with Crippen molar-refractivity contribution < 1.29 is 53.8 Å². The van der Waals surface area contributed by atoms with Crippen molar-refractivity contribution in [1.29, 1.82) is 0 Å². The number of aryl methyl sites for hydroxylation is 1. The fraction of sp³-hybridized carbons (Fsp3) is 0.611. The molecule has 6 N–H and O–H groups in total. The van der Waals surface area contributed by atoms with Gasteiger partial charge in [0.15, 0.2) is 5.69 Å². The van der Waals surface area contributed by atoms with Gasteiger partial charge in [-0.25, -0.2) is 19.9 Å². The summed E-state index contributed by atoms with van der Waals surface area (Å²) in [5, 5.41) is 46.2. The molecule has 288 valence electrons. The third-order valence-electron chi connectivity index (χ3n) is 9.25. The van der Waals surface area contributed by atoms with Crippen molar-refractivity contribution in [2.45, 2.75) is 123 Å². The van der Waals surface area contributed by atoms with Gasteiger partial charge in [-0.05, 0) is 90.3 Å². The van der Waals surface area contributed by atoms with E-state index < -0.39 is 47.3 Å². The normalized spacial score (nSPS) is 16.1. The summed E-state index contributed by atoms with van der Waals surface area (Å²) in [4.78, 5) is 69.0. The number of esters is 1. The molecule has 4 amide bonds. The van der Waals surface area contributed by atoms with Crippen LogP contribution in [0.15, 0.2) is 22.6 Å². The quantitative estimate of drug-likeness (QED) is 0.0279. The highest BCUT2D eigenvalue weighted by Crippen LogP contribution is 2.33. The highest BCUT2D eigenvalue weighted by molar-refractivity contribution is 5.96. The van der Waals surface area contributed by atoms with Crippen LogP contribution < -0.4 is 10.6 Å². The molecule has 0 spiro atoms. The first-order valence-electron chi connectivity index (χ1n) is 17.9. The monoisotopic (exact) mass is 731 g/mol. The van der Waals surface area contributed by atoms with Gasteiger partial charge < -0.3 is 30.0 Å². The largest absolute Gasteiger partial charge is 0.508 e. The molecule has 0 bridgehead atoms. The first kappa shape index (κ1) is 41.7. The number of hydroxylamine groups is 4. The van der Waals surface area contributed by atoms with Crippen LogP contribution in [0, 0.1) is 12.3 Å². The lowest BCUT2D eigenvalue weighted by molar-refractivity contribution is -0.169. The average molecular weight is 732 g/mol. The predicted octanol–water partition coefficient (Wildman–Crippen LogP) is 4.36. The van der Waals surface area contributed by atoms with E-state index in [9.17, 15) is 44.6 Å². The van der Waals surface area contributed by atoms with Gasteiger partial charge in [0, 0.05) is 13.1 Å². The molecular weight excluding hydrogens is 678 g/mol. The second kappa shape index (κ2) is 19.8. The Kier molecular flexibility index (Phi) is 15.9. The second-order valence-corrected chi connectivity index (χ2v) is 13.7. The minimum atomic E-state index is -1.33. The molecule has 16 nitrogen and oxygen atoms in total. The van der Waals surface area contributed by atoms with Gasteiger partial charge in [-0.3, -0.25) is 29.6 Å². The minimum Gasteiger partial charge on any atom is -0.508 e. The SMILES string of the molecule is CCCCCCC[C@H](OC(=O)[C@@H](CCCCN(O)C=O)NC(=O)c1nc(-c2cc(O)ccc2O)oc1C)C(C)(C)C(=O)N[C@H]1CCCCN(O)C1=O. The zero-order valence-electron chi connectivity index (χ0n) is 30.4. The Morgan fingerprint density at radius 1 is 1.12 bits per heavy atom. The maximum atomic E-state index is 14.0. The molecule has 0 radical (unpaired) electrons. The number of ether oxygens (including phenoxy) is 1. The molecule has 16 heteroatoms. The van der Waals surface area contributed by atoms with Gasteiger partial charge in [0.2, 0.25) is 18.2 Å². The molecule has 1 aromatic carbocycles. The molecule has 0 saturated carbocycles. The maximum Gasteiger partial charge on any atom is 0.328 e. The molecule has 0 unspecified atom stereocenters. The molecule has 1 aliphatic rings. The summed E-state index contributed by atoms with van der Waals surface area (Å²) < 4.78 is 11.7. The minimum absolute atomic E-state index is 0.0167. The average Bonchev–Trinajstić information content (AvgIpc) is 3.43. The molecule has 2 aromatic rings. The summed E-state index contributed by atoms with van der Waals surface area (Å²) in [6.07, 6.45) is 6.21. The molecule has 0 aliphatic carbocycles. The molecule has 1 aromatic heterocycles. The first-order chi connectivity index (χ1) is 24.7. The number of amides is 4. The van der Waals surface area contributed by atoms with Crippen molar-refractivity contribution in [3.05, 3.63) is 29.7 Å². The van der Waals surface area contributed by atoms with Crippen LogP contribution in [-0.4, -0.2) is 97.1 Å². The van der Waals surface area contributed by atoms with Crippen LogP contribution in [0.5, 0.6) is 11.5 Å². The Morgan fingerprint density at radius 3 is 2.54 bits per heavy atom. The lowest BCUT2D eigenvalue weighted by Gasteiger charge is -2.35. The van der Waals surface area contributed by atoms with Crippen molar-refractivity contribution in [3.8, 4) is 23.0 Å². The van der Waals surface area contributed by atoms with E-state index in [1.807, 2.05) is 0 Å². The van der Waals surface area contributed by atoms with E-state index >= 15 is 0 Å². The number of phenolic OH excluding ortho intramolecular Hbond substituents is 2. The number of nitrogens with zero attached hydrogens (tertiary/aromatic N) is 3. The summed E-state index contributed by atoms with van der Waals surface area (Å²) >= 11 is 0. The molecule has 2 heterocycles. The van der Waals surface area contributed by atoms with E-state index in [4.69, 9.17) is 9.15 Å². The van der Waals surface area contributed by atoms with Gasteiger partial charge in [0.05, 0.1) is 11.0 Å². The van der Waals surface area contributed by atoms with Crippen LogP contribution in [-0.2, 0) is 23.9 Å². The van der Waals surface area contributed by atoms with Crippen LogP contribution in [0.25, 0.3) is 11.5 Å². The fourth-order valence-electron chi connectivity index (χ4n) is 5.94. The van der Waals surface area contributed by atoms with E-state index in [0.29, 0.717) is 42.2 Å². The summed E-state index contributed by atoms with van der Waals surface area (Å²) in [5.41, 5.74) is -1.47. The summed E-state index contributed by atoms with van der Waals surface area (Å²) in [7, 11) is 0. The highest BCUT2D eigenvalue weighted by Gasteiger charge is 2.42. The highest BCUT2D eigenvalue weighted by atomic mass is 16.5. The number of carbonyl (C=O) groups is 5. The number of aromatic hydroxyl groups is 2. The Bertz CT molecular complexity index is 1530. The zero-order chi connectivity index (χ0) is 38.4. The summed E-state index contributed by atoms with van der Waals surface area (Å²) in [6.45, 7) is 6.94. The number of aromatic nitrogens is 1. The van der Waals surface area contributed by atoms with Crippen molar-refractivity contribution in [2.75, 3.05) is 13.1 Å². The number of hydrogen-bond donors (Lipinski definition) is 6. The number of nitrogens with one attached hydrogen (secondary N) is 2. The molecule has 1 saturated heterocycles. The number of benzene rings is 1. The van der Waals surface area contributed by atoms with Gasteiger partial charge >= 0.3 is 5.97 Å². The third-order valence-corrected chi connectivity index (χ3v) is 9.25. The van der Waals surface area contributed by atoms with Crippen LogP contribution in [0.1, 0.15) is 114 Å². The molecule has 3 rings (SSSR count). The Hall–Kier alpha value is -4.70. The number of hydrogen-bond acceptors (Lipinski definition) is 12. The number of carbonyl (C=O) groups excluding carboxylic acids is 5. The molecule has 52 heavy (non-hydrogen) atoms. The van der Waals surface area contributed by atoms with E-state index in [1.54, 1.807) is 13.8 Å². The van der Waals surface area contributed by atoms with Gasteiger partial charge in [0.1, 0.15) is 35.4 Å². The number of oxazole rings is 1. The standard InChI is InChI=1S/C36H53N5O11/c1-5-6-7-8-9-16-29(36(3,4)35(48)38-26-14-11-13-20-41(50)33(26)46)52-34(47)27(15-10-12-19-40(49)22-42)37-31(45)30-23(2)51-32(39-30)25-21-24(43)17-18-28(25)44/h17-18,21-22,26-27,29,43-44,49-50H,5-16,19-20H2,1-4H3,(H,37,45)(H,38,48)/t26-,27+,29-/m0/s1. The van der Waals surface area contributed by atoms with Crippen LogP contribution in [0.4, 0.5) is 0 Å². The van der Waals surface area contributed by atoms with E-state index in [-0.39, 0.29) is 73.2 Å². The number of unbranched alkanes of at least 4 members (excludes halogenated alkanes) is 5. The third kappa shape index (κ3) is 11.7. The summed E-state index contributed by atoms with van der Waals surface area (Å²) in [6, 6.07) is 1.54. The smallest absolute Gasteiger partial charge is 0.328 e. The van der Waals surface area contributed by atoms with Gasteiger partial charge in [-0.1, -0.05) is 32.6 Å². The summed E-state index contributed by atoms with van der Waals surface area (Å²) in [5.74, 6) is -3.25. The zero-order valence-corrected chi connectivity index (χ0v) is 30.4. The molecule has 1 aliphatic heterocycles. The molecule has 1 fully saturated rings. The fourth-order valence-corrected chi connectivity index (χ4v) is 5.94. The van der Waals surface area contributed by atoms with E-state index in [0.717, 1.165) is 25.7 Å². The van der Waals surface area contributed by atoms with Crippen molar-refractivity contribution in [3.63, 3.8) is 0 Å². The lowest BCUT2D eigenvalue weighted by atomic mass is 9.82. The maximum absolute atomic E-state index is 14.0. The predicted molar refractivity (Wildman–Crippen MR) is 186 cm³/mol. The van der Waals surface area contributed by atoms with Gasteiger partial charge in [-0.2, -0.15) is 0 Å². The van der Waals surface area contributed by atoms with Crippen molar-refractivity contribution >= 4 is 30.1 Å². The van der Waals surface area contributed by atoms with Crippen LogP contribution >= 0.6 is 0 Å². The molecule has 3 atom stereocenters. The van der Waals surface area contributed by atoms with Gasteiger partial charge in [-0.15, -0.1) is 0 Å². The number of rotatable bonds is 20. The van der Waals surface area contributed by atoms with Gasteiger partial charge in [0.25, 0.3) is 11.8 Å². The molecular formula is C36H53N5O11. The van der Waals surface area contributed by atoms with Crippen LogP contribution in [0.3, 0.4) is 0 Å².